The highest BCUT2D eigenvalue weighted by atomic mass is 15.1. The van der Waals surface area contributed by atoms with Gasteiger partial charge in [0.05, 0.1) is 13.1 Å². The summed E-state index contributed by atoms with van der Waals surface area (Å²) in [6, 6.07) is 0. The number of imidazole rings is 1. The molecule has 224 valence electrons. The molecular weight excluding hydrogens is 460 g/mol. The molecule has 1 rings (SSSR count). The first-order valence-corrected chi connectivity index (χ1v) is 17.9. The summed E-state index contributed by atoms with van der Waals surface area (Å²) in [5, 5.41) is 0. The number of hydrogen-bond acceptors (Lipinski definition) is 0. The summed E-state index contributed by atoms with van der Waals surface area (Å²) in [6.45, 7) is 9.37. The quantitative estimate of drug-likeness (QED) is 0.0689. The number of aryl methyl sites for hydroxylation is 2. The van der Waals surface area contributed by atoms with Gasteiger partial charge in [0.2, 0.25) is 0 Å². The molecule has 0 bridgehead atoms. The maximum atomic E-state index is 2.60. The molecule has 2 nitrogen and oxygen atoms in total. The Hall–Kier alpha value is -0.790. The van der Waals surface area contributed by atoms with Crippen LogP contribution >= 0.6 is 0 Å². The number of aromatic nitrogens is 2. The Morgan fingerprint density at radius 3 is 1.26 bits per heavy atom. The molecule has 0 aliphatic rings. The molecule has 1 aromatic rings. The minimum Gasteiger partial charge on any atom is -0.234 e. The number of rotatable bonds is 30. The minimum atomic E-state index is 1.21. The van der Waals surface area contributed by atoms with E-state index in [-0.39, 0.29) is 0 Å². The smallest absolute Gasteiger partial charge is 0.234 e. The van der Waals surface area contributed by atoms with Crippen LogP contribution in [0.25, 0.3) is 0 Å². The van der Waals surface area contributed by atoms with Crippen molar-refractivity contribution in [1.29, 1.82) is 0 Å². The van der Waals surface area contributed by atoms with Crippen molar-refractivity contribution in [3.63, 3.8) is 0 Å². The third kappa shape index (κ3) is 20.2. The van der Waals surface area contributed by atoms with Crippen LogP contribution in [0.4, 0.5) is 0 Å². The van der Waals surface area contributed by atoms with Crippen LogP contribution in [0.1, 0.15) is 200 Å². The third-order valence-corrected chi connectivity index (χ3v) is 8.60. The first-order chi connectivity index (χ1) is 18.8. The molecule has 0 aliphatic carbocycles. The average molecular weight is 532 g/mol. The van der Waals surface area contributed by atoms with Gasteiger partial charge in [-0.3, -0.25) is 0 Å². The van der Waals surface area contributed by atoms with Crippen molar-refractivity contribution in [3.05, 3.63) is 18.2 Å². The molecule has 2 heteroatoms. The standard InChI is InChI=1S/C36H71N2/c1-4-7-10-12-14-15-16-17-18-19-20-21-22-23-24-26-28-31-36-37(32-29-9-6-3)34-35-38(36)33-30-27-25-13-11-8-5-2/h34-35H,4-33H2,1-3H3/q+1. The first kappa shape index (κ1) is 35.2. The van der Waals surface area contributed by atoms with E-state index in [9.17, 15) is 0 Å². The summed E-state index contributed by atoms with van der Waals surface area (Å²) in [7, 11) is 0. The fourth-order valence-electron chi connectivity index (χ4n) is 5.97. The fourth-order valence-corrected chi connectivity index (χ4v) is 5.97. The monoisotopic (exact) mass is 532 g/mol. The van der Waals surface area contributed by atoms with Gasteiger partial charge in [-0.15, -0.1) is 0 Å². The van der Waals surface area contributed by atoms with E-state index >= 15 is 0 Å². The summed E-state index contributed by atoms with van der Waals surface area (Å²) in [4.78, 5) is 0. The van der Waals surface area contributed by atoms with Crippen molar-refractivity contribution >= 4 is 0 Å². The minimum absolute atomic E-state index is 1.21. The van der Waals surface area contributed by atoms with E-state index in [4.69, 9.17) is 0 Å². The largest absolute Gasteiger partial charge is 0.256 e. The summed E-state index contributed by atoms with van der Waals surface area (Å²) in [6.07, 6.45) is 44.5. The second-order valence-corrected chi connectivity index (χ2v) is 12.3. The zero-order valence-corrected chi connectivity index (χ0v) is 26.8. The van der Waals surface area contributed by atoms with Crippen LogP contribution in [0.2, 0.25) is 0 Å². The van der Waals surface area contributed by atoms with E-state index in [0.29, 0.717) is 0 Å². The lowest BCUT2D eigenvalue weighted by Crippen LogP contribution is -2.37. The van der Waals surface area contributed by atoms with Gasteiger partial charge in [-0.05, 0) is 32.1 Å². The van der Waals surface area contributed by atoms with Crippen molar-refractivity contribution < 1.29 is 4.57 Å². The zero-order chi connectivity index (χ0) is 27.4. The van der Waals surface area contributed by atoms with Gasteiger partial charge in [0, 0.05) is 6.42 Å². The normalized spacial score (nSPS) is 11.6. The van der Waals surface area contributed by atoms with Crippen LogP contribution in [-0.4, -0.2) is 4.57 Å². The van der Waals surface area contributed by atoms with Crippen molar-refractivity contribution in [3.8, 4) is 0 Å². The molecule has 0 unspecified atom stereocenters. The van der Waals surface area contributed by atoms with E-state index in [1.807, 2.05) is 0 Å². The van der Waals surface area contributed by atoms with Crippen LogP contribution in [-0.2, 0) is 19.5 Å². The molecule has 0 atom stereocenters. The molecule has 38 heavy (non-hydrogen) atoms. The summed E-state index contributed by atoms with van der Waals surface area (Å²) in [5.41, 5.74) is 0. The lowest BCUT2D eigenvalue weighted by Gasteiger charge is -2.07. The van der Waals surface area contributed by atoms with Gasteiger partial charge in [-0.2, -0.15) is 0 Å². The second-order valence-electron chi connectivity index (χ2n) is 12.3. The van der Waals surface area contributed by atoms with E-state index in [1.165, 1.54) is 193 Å². The third-order valence-electron chi connectivity index (χ3n) is 8.60. The molecule has 0 aliphatic heterocycles. The van der Waals surface area contributed by atoms with Crippen LogP contribution < -0.4 is 4.57 Å². The average Bonchev–Trinajstić information content (AvgIpc) is 3.31. The van der Waals surface area contributed by atoms with Gasteiger partial charge in [0.15, 0.2) is 0 Å². The van der Waals surface area contributed by atoms with Gasteiger partial charge in [-0.25, -0.2) is 9.13 Å². The van der Waals surface area contributed by atoms with Crippen molar-refractivity contribution in [1.82, 2.24) is 4.57 Å². The summed E-state index contributed by atoms with van der Waals surface area (Å²) >= 11 is 0. The number of unbranched alkanes of at least 4 members (excludes halogenated alkanes) is 24. The molecule has 0 fully saturated rings. The Balaban J connectivity index is 2.10. The van der Waals surface area contributed by atoms with E-state index in [2.05, 4.69) is 42.3 Å². The lowest BCUT2D eigenvalue weighted by atomic mass is 10.0. The maximum absolute atomic E-state index is 2.60. The van der Waals surface area contributed by atoms with E-state index in [1.54, 1.807) is 5.82 Å². The summed E-state index contributed by atoms with van der Waals surface area (Å²) in [5.74, 6) is 1.60. The predicted octanol–water partition coefficient (Wildman–Crippen LogP) is 11.9. The maximum Gasteiger partial charge on any atom is 0.256 e. The highest BCUT2D eigenvalue weighted by Crippen LogP contribution is 2.15. The van der Waals surface area contributed by atoms with E-state index in [0.717, 1.165) is 0 Å². The Labute approximate surface area is 240 Å². The van der Waals surface area contributed by atoms with Gasteiger partial charge in [0.25, 0.3) is 5.82 Å². The molecule has 0 aromatic carbocycles. The van der Waals surface area contributed by atoms with E-state index < -0.39 is 0 Å². The highest BCUT2D eigenvalue weighted by molar-refractivity contribution is 4.84. The predicted molar refractivity (Wildman–Crippen MR) is 170 cm³/mol. The first-order valence-electron chi connectivity index (χ1n) is 17.9. The molecule has 0 radical (unpaired) electrons. The van der Waals surface area contributed by atoms with Gasteiger partial charge in [-0.1, -0.05) is 162 Å². The zero-order valence-electron chi connectivity index (χ0n) is 26.8. The van der Waals surface area contributed by atoms with Crippen molar-refractivity contribution in [2.75, 3.05) is 0 Å². The molecule has 0 spiro atoms. The molecular formula is C36H71N2+. The number of hydrogen-bond donors (Lipinski definition) is 0. The van der Waals surface area contributed by atoms with Crippen LogP contribution in [0.3, 0.4) is 0 Å². The molecule has 0 saturated carbocycles. The Morgan fingerprint density at radius 2 is 0.816 bits per heavy atom. The molecule has 0 saturated heterocycles. The van der Waals surface area contributed by atoms with Crippen molar-refractivity contribution in [2.45, 2.75) is 214 Å². The Morgan fingerprint density at radius 1 is 0.447 bits per heavy atom. The fraction of sp³-hybridized carbons (Fsp3) is 0.917. The van der Waals surface area contributed by atoms with Crippen molar-refractivity contribution in [2.24, 2.45) is 0 Å². The van der Waals surface area contributed by atoms with Crippen LogP contribution in [0.15, 0.2) is 12.4 Å². The summed E-state index contributed by atoms with van der Waals surface area (Å²) < 4.78 is 5.19. The number of nitrogens with zero attached hydrogens (tertiary/aromatic N) is 2. The topological polar surface area (TPSA) is 8.81 Å². The Kier molecular flexibility index (Phi) is 25.7. The van der Waals surface area contributed by atoms with Gasteiger partial charge < -0.3 is 0 Å². The molecule has 1 aromatic heterocycles. The van der Waals surface area contributed by atoms with Gasteiger partial charge >= 0.3 is 0 Å². The molecule has 0 amide bonds. The van der Waals surface area contributed by atoms with Crippen LogP contribution in [0, 0.1) is 0 Å². The van der Waals surface area contributed by atoms with Gasteiger partial charge in [0.1, 0.15) is 12.4 Å². The highest BCUT2D eigenvalue weighted by Gasteiger charge is 2.16. The SMILES string of the molecule is CCCCCCCCCCCCCCCCCCCc1n(CCCCC)cc[n+]1CCCCCCCCC. The molecule has 0 N–H and O–H groups in total. The lowest BCUT2D eigenvalue weighted by molar-refractivity contribution is -0.704. The molecule has 1 heterocycles. The second kappa shape index (κ2) is 27.8. The Bertz CT molecular complexity index is 590. The van der Waals surface area contributed by atoms with Crippen LogP contribution in [0.5, 0.6) is 0 Å².